The molecule has 130 valence electrons. The molecule has 1 amide bonds. The molecule has 0 fully saturated rings. The van der Waals surface area contributed by atoms with Crippen molar-refractivity contribution in [2.75, 3.05) is 18.2 Å². The average Bonchev–Trinajstić information content (AvgIpc) is 3.21. The van der Waals surface area contributed by atoms with Gasteiger partial charge in [-0.1, -0.05) is 17.8 Å². The highest BCUT2D eigenvalue weighted by molar-refractivity contribution is 7.99. The maximum Gasteiger partial charge on any atom is 0.236 e. The van der Waals surface area contributed by atoms with Crippen LogP contribution in [0.4, 0.5) is 5.13 Å². The number of anilines is 1. The predicted molar refractivity (Wildman–Crippen MR) is 101 cm³/mol. The van der Waals surface area contributed by atoms with Gasteiger partial charge in [0.15, 0.2) is 10.3 Å². The Balaban J connectivity index is 1.72. The third-order valence-corrected chi connectivity index (χ3v) is 5.24. The molecule has 0 aliphatic carbocycles. The molecule has 6 nitrogen and oxygen atoms in total. The molecule has 1 aromatic carbocycles. The number of aryl methyl sites for hydroxylation is 2. The number of hydrogen-bond donors (Lipinski definition) is 1. The fourth-order valence-corrected chi connectivity index (χ4v) is 3.74. The van der Waals surface area contributed by atoms with Crippen LogP contribution in [0.15, 0.2) is 41.1 Å². The molecular formula is C17H18N4O2S2. The zero-order chi connectivity index (χ0) is 17.8. The number of imidazole rings is 1. The number of carbonyl (C=O) groups excluding carboxylic acids is 1. The molecule has 0 atom stereocenters. The van der Waals surface area contributed by atoms with E-state index >= 15 is 0 Å². The van der Waals surface area contributed by atoms with E-state index in [4.69, 9.17) is 4.74 Å². The fraction of sp³-hybridized carbons (Fsp3) is 0.235. The largest absolute Gasteiger partial charge is 0.495 e. The molecule has 1 N–H and O–H groups in total. The zero-order valence-corrected chi connectivity index (χ0v) is 15.8. The van der Waals surface area contributed by atoms with Crippen molar-refractivity contribution in [3.8, 4) is 11.4 Å². The van der Waals surface area contributed by atoms with Crippen molar-refractivity contribution >= 4 is 34.1 Å². The summed E-state index contributed by atoms with van der Waals surface area (Å²) in [5, 5.41) is 6.05. The summed E-state index contributed by atoms with van der Waals surface area (Å²) in [6.07, 6.45) is 3.58. The number of rotatable bonds is 6. The molecule has 25 heavy (non-hydrogen) atoms. The van der Waals surface area contributed by atoms with Gasteiger partial charge in [-0.2, -0.15) is 0 Å². The van der Waals surface area contributed by atoms with E-state index < -0.39 is 0 Å². The van der Waals surface area contributed by atoms with E-state index in [0.717, 1.165) is 27.9 Å². The summed E-state index contributed by atoms with van der Waals surface area (Å²) in [6.45, 7) is 3.92. The molecule has 0 unspecified atom stereocenters. The van der Waals surface area contributed by atoms with Crippen molar-refractivity contribution < 1.29 is 9.53 Å². The number of hydrogen-bond acceptors (Lipinski definition) is 6. The van der Waals surface area contributed by atoms with E-state index in [-0.39, 0.29) is 11.7 Å². The van der Waals surface area contributed by atoms with Gasteiger partial charge >= 0.3 is 0 Å². The normalized spacial score (nSPS) is 10.7. The summed E-state index contributed by atoms with van der Waals surface area (Å²) in [4.78, 5) is 20.7. The Labute approximate surface area is 154 Å². The third-order valence-electron chi connectivity index (χ3n) is 3.40. The summed E-state index contributed by atoms with van der Waals surface area (Å²) < 4.78 is 7.37. The molecule has 3 rings (SSSR count). The second-order valence-corrected chi connectivity index (χ2v) is 7.19. The van der Waals surface area contributed by atoms with Crippen molar-refractivity contribution in [2.45, 2.75) is 19.0 Å². The Morgan fingerprint density at radius 1 is 1.40 bits per heavy atom. The topological polar surface area (TPSA) is 69.0 Å². The van der Waals surface area contributed by atoms with Gasteiger partial charge in [0.05, 0.1) is 24.2 Å². The molecule has 8 heteroatoms. The van der Waals surface area contributed by atoms with Crippen LogP contribution in [0.2, 0.25) is 0 Å². The van der Waals surface area contributed by atoms with Crippen LogP contribution in [0.5, 0.6) is 5.75 Å². The number of thioether (sulfide) groups is 1. The number of thiazole rings is 1. The van der Waals surface area contributed by atoms with Crippen LogP contribution >= 0.6 is 23.1 Å². The number of benzene rings is 1. The molecule has 3 aromatic rings. The fourth-order valence-electron chi connectivity index (χ4n) is 2.26. The van der Waals surface area contributed by atoms with Crippen LogP contribution in [-0.4, -0.2) is 33.3 Å². The predicted octanol–water partition coefficient (Wildman–Crippen LogP) is 3.69. The standard InChI is InChI=1S/C17H18N4O2S2/c1-11-4-5-14(23-3)13(8-11)21-7-6-18-17(21)25-10-15(22)20-16-19-12(2)9-24-16/h4-9H,10H2,1-3H3,(H,19,20,22). The molecule has 0 saturated carbocycles. The number of ether oxygens (including phenoxy) is 1. The van der Waals surface area contributed by atoms with Crippen LogP contribution in [-0.2, 0) is 4.79 Å². The minimum atomic E-state index is -0.106. The minimum Gasteiger partial charge on any atom is -0.495 e. The lowest BCUT2D eigenvalue weighted by Crippen LogP contribution is -2.14. The van der Waals surface area contributed by atoms with Gasteiger partial charge in [0.25, 0.3) is 0 Å². The molecule has 2 heterocycles. The number of amides is 1. The zero-order valence-electron chi connectivity index (χ0n) is 14.1. The summed E-state index contributed by atoms with van der Waals surface area (Å²) in [5.41, 5.74) is 2.92. The summed E-state index contributed by atoms with van der Waals surface area (Å²) >= 11 is 2.79. The Morgan fingerprint density at radius 2 is 2.24 bits per heavy atom. The quantitative estimate of drug-likeness (QED) is 0.667. The molecule has 0 radical (unpaired) electrons. The highest BCUT2D eigenvalue weighted by Crippen LogP contribution is 2.28. The molecular weight excluding hydrogens is 356 g/mol. The first-order chi connectivity index (χ1) is 12.1. The lowest BCUT2D eigenvalue weighted by molar-refractivity contribution is -0.113. The molecule has 0 aliphatic rings. The monoisotopic (exact) mass is 374 g/mol. The number of nitrogens with one attached hydrogen (secondary N) is 1. The van der Waals surface area contributed by atoms with E-state index in [9.17, 15) is 4.79 Å². The van der Waals surface area contributed by atoms with Crippen molar-refractivity contribution in [3.63, 3.8) is 0 Å². The summed E-state index contributed by atoms with van der Waals surface area (Å²) in [5.74, 6) is 0.905. The smallest absolute Gasteiger partial charge is 0.236 e. The van der Waals surface area contributed by atoms with Crippen LogP contribution in [0.25, 0.3) is 5.69 Å². The van der Waals surface area contributed by atoms with Gasteiger partial charge in [-0.15, -0.1) is 11.3 Å². The molecule has 0 spiro atoms. The van der Waals surface area contributed by atoms with Gasteiger partial charge in [-0.05, 0) is 31.5 Å². The van der Waals surface area contributed by atoms with Crippen LogP contribution < -0.4 is 10.1 Å². The number of nitrogens with zero attached hydrogens (tertiary/aromatic N) is 3. The first-order valence-corrected chi connectivity index (χ1v) is 9.46. The van der Waals surface area contributed by atoms with E-state index in [1.807, 2.05) is 48.2 Å². The molecule has 0 aliphatic heterocycles. The lowest BCUT2D eigenvalue weighted by atomic mass is 10.2. The van der Waals surface area contributed by atoms with E-state index in [1.54, 1.807) is 13.3 Å². The average molecular weight is 374 g/mol. The van der Waals surface area contributed by atoms with Crippen molar-refractivity contribution in [1.82, 2.24) is 14.5 Å². The highest BCUT2D eigenvalue weighted by Gasteiger charge is 2.13. The third kappa shape index (κ3) is 4.21. The van der Waals surface area contributed by atoms with Crippen LogP contribution in [0.1, 0.15) is 11.3 Å². The first kappa shape index (κ1) is 17.5. The highest BCUT2D eigenvalue weighted by atomic mass is 32.2. The number of aromatic nitrogens is 3. The molecule has 0 saturated heterocycles. The van der Waals surface area contributed by atoms with Crippen LogP contribution in [0, 0.1) is 13.8 Å². The second-order valence-electron chi connectivity index (χ2n) is 5.39. The van der Waals surface area contributed by atoms with Gasteiger partial charge in [-0.3, -0.25) is 9.36 Å². The van der Waals surface area contributed by atoms with Gasteiger partial charge in [0.2, 0.25) is 5.91 Å². The Kier molecular flexibility index (Phi) is 5.40. The number of carbonyl (C=O) groups is 1. The van der Waals surface area contributed by atoms with Crippen molar-refractivity contribution in [3.05, 3.63) is 47.2 Å². The molecule has 2 aromatic heterocycles. The summed E-state index contributed by atoms with van der Waals surface area (Å²) in [6, 6.07) is 5.95. The first-order valence-electron chi connectivity index (χ1n) is 7.60. The Morgan fingerprint density at radius 3 is 2.96 bits per heavy atom. The Hall–Kier alpha value is -2.32. The van der Waals surface area contributed by atoms with Gasteiger partial charge < -0.3 is 10.1 Å². The van der Waals surface area contributed by atoms with E-state index in [0.29, 0.717) is 5.13 Å². The van der Waals surface area contributed by atoms with Gasteiger partial charge in [0.1, 0.15) is 5.75 Å². The maximum atomic E-state index is 12.1. The van der Waals surface area contributed by atoms with Gasteiger partial charge in [0, 0.05) is 17.8 Å². The van der Waals surface area contributed by atoms with Crippen molar-refractivity contribution in [2.24, 2.45) is 0 Å². The maximum absolute atomic E-state index is 12.1. The van der Waals surface area contributed by atoms with E-state index in [2.05, 4.69) is 15.3 Å². The minimum absolute atomic E-state index is 0.106. The van der Waals surface area contributed by atoms with E-state index in [1.165, 1.54) is 23.1 Å². The summed E-state index contributed by atoms with van der Waals surface area (Å²) in [7, 11) is 1.64. The molecule has 0 bridgehead atoms. The SMILES string of the molecule is COc1ccc(C)cc1-n1ccnc1SCC(=O)Nc1nc(C)cs1. The Bertz CT molecular complexity index is 888. The van der Waals surface area contributed by atoms with Crippen molar-refractivity contribution in [1.29, 1.82) is 0 Å². The lowest BCUT2D eigenvalue weighted by Gasteiger charge is -2.12. The number of methoxy groups -OCH3 is 1. The van der Waals surface area contributed by atoms with Crippen LogP contribution in [0.3, 0.4) is 0 Å². The van der Waals surface area contributed by atoms with Gasteiger partial charge in [-0.25, -0.2) is 9.97 Å². The second kappa shape index (κ2) is 7.71.